The molecule has 0 bridgehead atoms. The van der Waals surface area contributed by atoms with Crippen molar-refractivity contribution in [2.45, 2.75) is 40.0 Å². The number of sulfonamides is 1. The van der Waals surface area contributed by atoms with Gasteiger partial charge in [-0.2, -0.15) is 0 Å². The predicted octanol–water partition coefficient (Wildman–Crippen LogP) is 4.44. The van der Waals surface area contributed by atoms with Crippen LogP contribution in [0.3, 0.4) is 0 Å². The molecule has 0 aliphatic carbocycles. The molecule has 1 heterocycles. The smallest absolute Gasteiger partial charge is 0.308 e. The van der Waals surface area contributed by atoms with Crippen molar-refractivity contribution >= 4 is 33.1 Å². The summed E-state index contributed by atoms with van der Waals surface area (Å²) in [4.78, 5) is 12.3. The molecule has 0 saturated carbocycles. The molecule has 0 atom stereocenters. The second-order valence-electron chi connectivity index (χ2n) is 7.21. The van der Waals surface area contributed by atoms with Gasteiger partial charge < -0.3 is 10.6 Å². The van der Waals surface area contributed by atoms with Gasteiger partial charge in [-0.1, -0.05) is 13.0 Å². The molecule has 3 rings (SSSR count). The lowest BCUT2D eigenvalue weighted by Gasteiger charge is -2.30. The van der Waals surface area contributed by atoms with Crippen LogP contribution in [0.5, 0.6) is 0 Å². The van der Waals surface area contributed by atoms with E-state index < -0.39 is 10.0 Å². The Morgan fingerprint density at radius 1 is 1.04 bits per heavy atom. The number of carbonyl (C=O) groups is 1. The van der Waals surface area contributed by atoms with Gasteiger partial charge in [-0.05, 0) is 80.1 Å². The first-order valence-electron chi connectivity index (χ1n) is 9.59. The number of urea groups is 1. The van der Waals surface area contributed by atoms with Crippen LogP contribution in [0.4, 0.5) is 21.9 Å². The van der Waals surface area contributed by atoms with Gasteiger partial charge >= 0.3 is 6.03 Å². The fraction of sp³-hybridized carbons (Fsp3) is 0.381. The lowest BCUT2D eigenvalue weighted by atomic mass is 10.0. The van der Waals surface area contributed by atoms with E-state index in [1.165, 1.54) is 9.87 Å². The summed E-state index contributed by atoms with van der Waals surface area (Å²) in [7, 11) is -3.30. The van der Waals surface area contributed by atoms with Crippen molar-refractivity contribution in [3.8, 4) is 0 Å². The van der Waals surface area contributed by atoms with Gasteiger partial charge in [-0.3, -0.25) is 4.31 Å². The molecule has 0 spiro atoms. The van der Waals surface area contributed by atoms with Gasteiger partial charge in [0, 0.05) is 17.9 Å². The Morgan fingerprint density at radius 3 is 2.39 bits per heavy atom. The van der Waals surface area contributed by atoms with Crippen LogP contribution in [0.25, 0.3) is 0 Å². The Labute approximate surface area is 167 Å². The molecular weight excluding hydrogens is 374 g/mol. The number of amides is 2. The third-order valence-electron chi connectivity index (χ3n) is 4.98. The molecule has 0 aromatic heterocycles. The van der Waals surface area contributed by atoms with Crippen LogP contribution in [0, 0.1) is 13.8 Å². The van der Waals surface area contributed by atoms with Gasteiger partial charge in [-0.25, -0.2) is 13.2 Å². The van der Waals surface area contributed by atoms with Gasteiger partial charge in [0.15, 0.2) is 0 Å². The first kappa shape index (κ1) is 20.2. The molecule has 28 heavy (non-hydrogen) atoms. The summed E-state index contributed by atoms with van der Waals surface area (Å²) in [6.45, 7) is 6.40. The monoisotopic (exact) mass is 401 g/mol. The summed E-state index contributed by atoms with van der Waals surface area (Å²) in [5.41, 5.74) is 5.32. The van der Waals surface area contributed by atoms with Crippen LogP contribution in [-0.4, -0.2) is 26.7 Å². The molecule has 1 aliphatic rings. The van der Waals surface area contributed by atoms with Gasteiger partial charge in [-0.15, -0.1) is 0 Å². The summed E-state index contributed by atoms with van der Waals surface area (Å²) >= 11 is 0. The Morgan fingerprint density at radius 2 is 1.71 bits per heavy atom. The normalized spacial score (nSPS) is 13.8. The van der Waals surface area contributed by atoms with Crippen LogP contribution < -0.4 is 14.9 Å². The molecule has 6 nitrogen and oxygen atoms in total. The van der Waals surface area contributed by atoms with E-state index in [0.29, 0.717) is 18.7 Å². The highest BCUT2D eigenvalue weighted by atomic mass is 32.2. The zero-order valence-electron chi connectivity index (χ0n) is 16.6. The Kier molecular flexibility index (Phi) is 5.93. The quantitative estimate of drug-likeness (QED) is 0.777. The third kappa shape index (κ3) is 4.47. The minimum atomic E-state index is -3.30. The lowest BCUT2D eigenvalue weighted by molar-refractivity contribution is 0.262. The van der Waals surface area contributed by atoms with Crippen molar-refractivity contribution in [2.24, 2.45) is 0 Å². The molecule has 150 valence electrons. The first-order valence-corrected chi connectivity index (χ1v) is 11.2. The average molecular weight is 402 g/mol. The number of rotatable bonds is 5. The van der Waals surface area contributed by atoms with E-state index in [9.17, 15) is 13.2 Å². The number of fused-ring (bicyclic) bond motifs is 1. The van der Waals surface area contributed by atoms with E-state index in [1.54, 1.807) is 12.1 Å². The summed E-state index contributed by atoms with van der Waals surface area (Å²) in [6, 6.07) is 10.8. The van der Waals surface area contributed by atoms with Crippen molar-refractivity contribution in [3.63, 3.8) is 0 Å². The van der Waals surface area contributed by atoms with E-state index >= 15 is 0 Å². The summed E-state index contributed by atoms with van der Waals surface area (Å²) in [5, 5.41) is 5.67. The fourth-order valence-corrected chi connectivity index (χ4v) is 5.03. The van der Waals surface area contributed by atoms with Crippen molar-refractivity contribution in [1.82, 2.24) is 0 Å². The standard InChI is InChI=1S/C21H27N3O3S/c1-4-12-28(26,27)24-11-5-6-17-14-19(9-10-20(17)24)23-21(25)22-18-8-7-15(2)16(3)13-18/h7-10,13-14H,4-6,11-12H2,1-3H3,(H2,22,23,25). The van der Waals surface area contributed by atoms with Crippen LogP contribution in [-0.2, 0) is 16.4 Å². The van der Waals surface area contributed by atoms with E-state index in [2.05, 4.69) is 10.6 Å². The first-order chi connectivity index (χ1) is 13.3. The summed E-state index contributed by atoms with van der Waals surface area (Å²) in [5.74, 6) is 0.144. The maximum Gasteiger partial charge on any atom is 0.323 e. The molecule has 1 aliphatic heterocycles. The number of nitrogens with zero attached hydrogens (tertiary/aromatic N) is 1. The number of benzene rings is 2. The number of hydrogen-bond acceptors (Lipinski definition) is 3. The lowest BCUT2D eigenvalue weighted by Crippen LogP contribution is -2.37. The zero-order chi connectivity index (χ0) is 20.3. The number of hydrogen-bond donors (Lipinski definition) is 2. The maximum atomic E-state index is 12.5. The van der Waals surface area contributed by atoms with Crippen molar-refractivity contribution in [2.75, 3.05) is 27.2 Å². The van der Waals surface area contributed by atoms with Gasteiger partial charge in [0.25, 0.3) is 0 Å². The second kappa shape index (κ2) is 8.22. The minimum Gasteiger partial charge on any atom is -0.308 e. The molecule has 0 fully saturated rings. The van der Waals surface area contributed by atoms with E-state index in [-0.39, 0.29) is 11.8 Å². The molecule has 0 saturated heterocycles. The Bertz CT molecular complexity index is 986. The van der Waals surface area contributed by atoms with Crippen molar-refractivity contribution < 1.29 is 13.2 Å². The highest BCUT2D eigenvalue weighted by Crippen LogP contribution is 2.32. The van der Waals surface area contributed by atoms with Crippen LogP contribution in [0.15, 0.2) is 36.4 Å². The number of anilines is 3. The van der Waals surface area contributed by atoms with Crippen LogP contribution in [0.2, 0.25) is 0 Å². The predicted molar refractivity (Wildman–Crippen MR) is 115 cm³/mol. The van der Waals surface area contributed by atoms with Gasteiger partial charge in [0.1, 0.15) is 0 Å². The molecule has 7 heteroatoms. The zero-order valence-corrected chi connectivity index (χ0v) is 17.4. The molecule has 2 amide bonds. The topological polar surface area (TPSA) is 78.5 Å². The molecule has 0 radical (unpaired) electrons. The molecular formula is C21H27N3O3S. The third-order valence-corrected chi connectivity index (χ3v) is 6.95. The second-order valence-corrected chi connectivity index (χ2v) is 9.23. The number of carbonyl (C=O) groups excluding carboxylic acids is 1. The SMILES string of the molecule is CCCS(=O)(=O)N1CCCc2cc(NC(=O)Nc3ccc(C)c(C)c3)ccc21. The number of nitrogens with one attached hydrogen (secondary N) is 2. The number of aryl methyl sites for hydroxylation is 3. The van der Waals surface area contributed by atoms with Crippen LogP contribution >= 0.6 is 0 Å². The van der Waals surface area contributed by atoms with Gasteiger partial charge in [0.2, 0.25) is 10.0 Å². The van der Waals surface area contributed by atoms with E-state index in [4.69, 9.17) is 0 Å². The van der Waals surface area contributed by atoms with Crippen molar-refractivity contribution in [1.29, 1.82) is 0 Å². The highest BCUT2D eigenvalue weighted by Gasteiger charge is 2.26. The highest BCUT2D eigenvalue weighted by molar-refractivity contribution is 7.92. The molecule has 2 aromatic carbocycles. The minimum absolute atomic E-state index is 0.144. The maximum absolute atomic E-state index is 12.5. The van der Waals surface area contributed by atoms with Crippen LogP contribution in [0.1, 0.15) is 36.5 Å². The largest absolute Gasteiger partial charge is 0.323 e. The Hall–Kier alpha value is -2.54. The Balaban J connectivity index is 1.74. The fourth-order valence-electron chi connectivity index (χ4n) is 3.41. The average Bonchev–Trinajstić information content (AvgIpc) is 2.64. The molecule has 2 aromatic rings. The summed E-state index contributed by atoms with van der Waals surface area (Å²) in [6.07, 6.45) is 2.16. The van der Waals surface area contributed by atoms with E-state index in [1.807, 2.05) is 45.0 Å². The van der Waals surface area contributed by atoms with E-state index in [0.717, 1.165) is 35.3 Å². The van der Waals surface area contributed by atoms with Crippen molar-refractivity contribution in [3.05, 3.63) is 53.1 Å². The molecule has 0 unspecified atom stereocenters. The van der Waals surface area contributed by atoms with Gasteiger partial charge in [0.05, 0.1) is 11.4 Å². The molecule has 2 N–H and O–H groups in total. The summed E-state index contributed by atoms with van der Waals surface area (Å²) < 4.78 is 26.5.